The predicted molar refractivity (Wildman–Crippen MR) is 71.0 cm³/mol. The SMILES string of the molecule is N/C(=N/O)c1ccc(Oc2cccnc2)c(Br)c1. The molecule has 18 heavy (non-hydrogen) atoms. The molecule has 0 spiro atoms. The minimum atomic E-state index is 0.0450. The highest BCUT2D eigenvalue weighted by Gasteiger charge is 2.06. The molecular formula is C12H10BrN3O2. The molecular weight excluding hydrogens is 298 g/mol. The summed E-state index contributed by atoms with van der Waals surface area (Å²) < 4.78 is 6.33. The highest BCUT2D eigenvalue weighted by molar-refractivity contribution is 9.10. The van der Waals surface area contributed by atoms with E-state index in [2.05, 4.69) is 26.1 Å². The van der Waals surface area contributed by atoms with Gasteiger partial charge in [0.15, 0.2) is 5.84 Å². The molecule has 2 aromatic rings. The van der Waals surface area contributed by atoms with E-state index in [0.29, 0.717) is 21.5 Å². The van der Waals surface area contributed by atoms with Crippen molar-refractivity contribution in [2.45, 2.75) is 0 Å². The first-order chi connectivity index (χ1) is 8.70. The summed E-state index contributed by atoms with van der Waals surface area (Å²) in [5, 5.41) is 11.5. The number of oxime groups is 1. The lowest BCUT2D eigenvalue weighted by Crippen LogP contribution is -2.12. The van der Waals surface area contributed by atoms with Crippen LogP contribution in [-0.2, 0) is 0 Å². The Hall–Kier alpha value is -2.08. The normalized spacial score (nSPS) is 11.3. The zero-order valence-electron chi connectivity index (χ0n) is 9.25. The van der Waals surface area contributed by atoms with Crippen LogP contribution in [0.15, 0.2) is 52.4 Å². The lowest BCUT2D eigenvalue weighted by Gasteiger charge is -2.08. The first kappa shape index (κ1) is 12.4. The second kappa shape index (κ2) is 5.50. The van der Waals surface area contributed by atoms with Gasteiger partial charge in [0.05, 0.1) is 10.7 Å². The van der Waals surface area contributed by atoms with E-state index in [1.54, 1.807) is 42.7 Å². The molecule has 0 saturated heterocycles. The van der Waals surface area contributed by atoms with Crippen molar-refractivity contribution in [1.29, 1.82) is 0 Å². The second-order valence-corrected chi connectivity index (χ2v) is 4.28. The molecule has 1 aromatic carbocycles. The molecule has 5 nitrogen and oxygen atoms in total. The van der Waals surface area contributed by atoms with Crippen molar-refractivity contribution in [3.05, 3.63) is 52.8 Å². The third-order valence-corrected chi connectivity index (χ3v) is 2.82. The quantitative estimate of drug-likeness (QED) is 0.395. The molecule has 0 unspecified atom stereocenters. The molecule has 0 aliphatic carbocycles. The summed E-state index contributed by atoms with van der Waals surface area (Å²) in [6.45, 7) is 0. The minimum Gasteiger partial charge on any atom is -0.455 e. The monoisotopic (exact) mass is 307 g/mol. The third kappa shape index (κ3) is 2.78. The van der Waals surface area contributed by atoms with E-state index in [4.69, 9.17) is 15.7 Å². The maximum absolute atomic E-state index is 8.59. The van der Waals surface area contributed by atoms with Crippen LogP contribution in [0.4, 0.5) is 0 Å². The summed E-state index contributed by atoms with van der Waals surface area (Å²) in [5.74, 6) is 1.30. The van der Waals surface area contributed by atoms with Gasteiger partial charge in [0.1, 0.15) is 11.5 Å². The lowest BCUT2D eigenvalue weighted by atomic mass is 10.2. The fourth-order valence-electron chi connectivity index (χ4n) is 1.34. The van der Waals surface area contributed by atoms with Gasteiger partial charge in [-0.15, -0.1) is 0 Å². The third-order valence-electron chi connectivity index (χ3n) is 2.20. The van der Waals surface area contributed by atoms with Gasteiger partial charge >= 0.3 is 0 Å². The summed E-state index contributed by atoms with van der Waals surface area (Å²) in [6.07, 6.45) is 3.29. The smallest absolute Gasteiger partial charge is 0.170 e. The summed E-state index contributed by atoms with van der Waals surface area (Å²) in [7, 11) is 0. The Morgan fingerprint density at radius 3 is 2.83 bits per heavy atom. The van der Waals surface area contributed by atoms with Gasteiger partial charge in [0.25, 0.3) is 0 Å². The Labute approximate surface area is 112 Å². The number of benzene rings is 1. The summed E-state index contributed by atoms with van der Waals surface area (Å²) in [6, 6.07) is 8.72. The molecule has 1 aromatic heterocycles. The molecule has 0 saturated carbocycles. The minimum absolute atomic E-state index is 0.0450. The van der Waals surface area contributed by atoms with Crippen LogP contribution in [-0.4, -0.2) is 16.0 Å². The first-order valence-electron chi connectivity index (χ1n) is 5.06. The molecule has 0 atom stereocenters. The average Bonchev–Trinajstić information content (AvgIpc) is 2.41. The molecule has 0 fully saturated rings. The van der Waals surface area contributed by atoms with Crippen LogP contribution in [0, 0.1) is 0 Å². The van der Waals surface area contributed by atoms with Gasteiger partial charge in [-0.05, 0) is 46.3 Å². The number of ether oxygens (including phenoxy) is 1. The van der Waals surface area contributed by atoms with Crippen LogP contribution in [0.2, 0.25) is 0 Å². The van der Waals surface area contributed by atoms with Gasteiger partial charge in [0.2, 0.25) is 0 Å². The van der Waals surface area contributed by atoms with E-state index < -0.39 is 0 Å². The van der Waals surface area contributed by atoms with Crippen LogP contribution in [0.1, 0.15) is 5.56 Å². The van der Waals surface area contributed by atoms with E-state index in [0.717, 1.165) is 0 Å². The summed E-state index contributed by atoms with van der Waals surface area (Å²) >= 11 is 3.36. The van der Waals surface area contributed by atoms with E-state index >= 15 is 0 Å². The zero-order valence-corrected chi connectivity index (χ0v) is 10.8. The number of amidine groups is 1. The first-order valence-corrected chi connectivity index (χ1v) is 5.85. The lowest BCUT2D eigenvalue weighted by molar-refractivity contribution is 0.318. The van der Waals surface area contributed by atoms with E-state index in [1.165, 1.54) is 0 Å². The number of rotatable bonds is 3. The molecule has 1 heterocycles. The molecule has 0 amide bonds. The molecule has 0 aliphatic rings. The standard InChI is InChI=1S/C12H10BrN3O2/c13-10-6-8(12(14)16-17)3-4-11(10)18-9-2-1-5-15-7-9/h1-7,17H,(H2,14,16). The van der Waals surface area contributed by atoms with Gasteiger partial charge in [-0.3, -0.25) is 4.98 Å². The number of hydrogen-bond donors (Lipinski definition) is 2. The Balaban J connectivity index is 2.26. The van der Waals surface area contributed by atoms with Crippen LogP contribution < -0.4 is 10.5 Å². The van der Waals surface area contributed by atoms with Crippen LogP contribution >= 0.6 is 15.9 Å². The highest BCUT2D eigenvalue weighted by atomic mass is 79.9. The van der Waals surface area contributed by atoms with Crippen LogP contribution in [0.3, 0.4) is 0 Å². The van der Waals surface area contributed by atoms with Crippen molar-refractivity contribution in [1.82, 2.24) is 4.98 Å². The molecule has 6 heteroatoms. The van der Waals surface area contributed by atoms with Crippen molar-refractivity contribution in [3.63, 3.8) is 0 Å². The largest absolute Gasteiger partial charge is 0.455 e. The molecule has 2 rings (SSSR count). The maximum atomic E-state index is 8.59. The molecule has 0 radical (unpaired) electrons. The van der Waals surface area contributed by atoms with Crippen LogP contribution in [0.25, 0.3) is 0 Å². The van der Waals surface area contributed by atoms with Gasteiger partial charge in [-0.25, -0.2) is 0 Å². The Kier molecular flexibility index (Phi) is 3.78. The van der Waals surface area contributed by atoms with Crippen molar-refractivity contribution >= 4 is 21.8 Å². The van der Waals surface area contributed by atoms with Crippen molar-refractivity contribution in [3.8, 4) is 11.5 Å². The average molecular weight is 308 g/mol. The summed E-state index contributed by atoms with van der Waals surface area (Å²) in [5.41, 5.74) is 6.09. The molecule has 0 bridgehead atoms. The number of pyridine rings is 1. The summed E-state index contributed by atoms with van der Waals surface area (Å²) in [4.78, 5) is 3.96. The number of halogens is 1. The van der Waals surface area contributed by atoms with E-state index in [9.17, 15) is 0 Å². The Morgan fingerprint density at radius 2 is 2.22 bits per heavy atom. The maximum Gasteiger partial charge on any atom is 0.170 e. The van der Waals surface area contributed by atoms with Crippen molar-refractivity contribution in [2.75, 3.05) is 0 Å². The van der Waals surface area contributed by atoms with Crippen molar-refractivity contribution < 1.29 is 9.94 Å². The fourth-order valence-corrected chi connectivity index (χ4v) is 1.79. The number of hydrogen-bond acceptors (Lipinski definition) is 4. The Morgan fingerprint density at radius 1 is 1.39 bits per heavy atom. The van der Waals surface area contributed by atoms with Gasteiger partial charge in [-0.1, -0.05) is 5.16 Å². The van der Waals surface area contributed by atoms with Gasteiger partial charge in [-0.2, -0.15) is 0 Å². The topological polar surface area (TPSA) is 80.7 Å². The van der Waals surface area contributed by atoms with Crippen molar-refractivity contribution in [2.24, 2.45) is 10.9 Å². The van der Waals surface area contributed by atoms with Gasteiger partial charge < -0.3 is 15.7 Å². The van der Waals surface area contributed by atoms with Crippen LogP contribution in [0.5, 0.6) is 11.5 Å². The predicted octanol–water partition coefficient (Wildman–Crippen LogP) is 2.73. The molecule has 0 aliphatic heterocycles. The number of aromatic nitrogens is 1. The highest BCUT2D eigenvalue weighted by Crippen LogP contribution is 2.29. The second-order valence-electron chi connectivity index (χ2n) is 3.42. The van der Waals surface area contributed by atoms with E-state index in [-0.39, 0.29) is 5.84 Å². The van der Waals surface area contributed by atoms with E-state index in [1.807, 2.05) is 0 Å². The number of nitrogens with two attached hydrogens (primary N) is 1. The molecule has 92 valence electrons. The zero-order chi connectivity index (χ0) is 13.0. The fraction of sp³-hybridized carbons (Fsp3) is 0. The molecule has 3 N–H and O–H groups in total. The van der Waals surface area contributed by atoms with Gasteiger partial charge in [0, 0.05) is 11.8 Å². The number of nitrogens with zero attached hydrogens (tertiary/aromatic N) is 2. The Bertz CT molecular complexity index is 573.